The van der Waals surface area contributed by atoms with E-state index in [4.69, 9.17) is 35.4 Å². The molecule has 0 saturated carbocycles. The van der Waals surface area contributed by atoms with E-state index in [0.29, 0.717) is 18.5 Å². The Balaban J connectivity index is 1.97. The number of halogens is 5. The van der Waals surface area contributed by atoms with Gasteiger partial charge in [-0.25, -0.2) is 19.2 Å². The van der Waals surface area contributed by atoms with E-state index < -0.39 is 11.8 Å². The molecule has 4 aromatic rings. The highest BCUT2D eigenvalue weighted by Crippen LogP contribution is 2.38. The zero-order valence-corrected chi connectivity index (χ0v) is 24.3. The molecular weight excluding hydrogens is 756 g/mol. The lowest BCUT2D eigenvalue weighted by Gasteiger charge is -2.33. The van der Waals surface area contributed by atoms with Crippen LogP contribution >= 0.6 is 80.6 Å². The van der Waals surface area contributed by atoms with Gasteiger partial charge in [0.1, 0.15) is 16.1 Å². The van der Waals surface area contributed by atoms with E-state index in [1.54, 1.807) is 4.90 Å². The van der Waals surface area contributed by atoms with Gasteiger partial charge < -0.3 is 5.11 Å². The minimum absolute atomic E-state index is 0.103. The lowest BCUT2D eigenvalue weighted by molar-refractivity contribution is 0.0696. The van der Waals surface area contributed by atoms with Crippen LogP contribution in [0.25, 0.3) is 0 Å². The lowest BCUT2D eigenvalue weighted by Crippen LogP contribution is -2.39. The van der Waals surface area contributed by atoms with Gasteiger partial charge in [-0.05, 0) is 93.8 Å². The Morgan fingerprint density at radius 2 is 1.39 bits per heavy atom. The molecule has 4 rings (SSSR count). The topological polar surface area (TPSA) is 95.3 Å². The molecule has 0 amide bonds. The fourth-order valence-electron chi connectivity index (χ4n) is 3.12. The Labute approximate surface area is 246 Å². The third-order valence-corrected chi connectivity index (χ3v) is 6.97. The smallest absolute Gasteiger partial charge is 0.335 e. The maximum atomic E-state index is 13.8. The number of anilines is 4. The molecule has 2 aromatic heterocycles. The number of carboxylic acid groups (broad SMARTS) is 1. The van der Waals surface area contributed by atoms with Gasteiger partial charge in [0, 0.05) is 7.14 Å². The molecule has 36 heavy (non-hydrogen) atoms. The molecule has 0 atom stereocenters. The van der Waals surface area contributed by atoms with Crippen LogP contribution in [-0.2, 0) is 0 Å². The summed E-state index contributed by atoms with van der Waals surface area (Å²) in [5.41, 5.74) is 1.10. The van der Waals surface area contributed by atoms with Crippen molar-refractivity contribution in [1.29, 1.82) is 0 Å². The summed E-state index contributed by atoms with van der Waals surface area (Å²) in [6.45, 7) is 0. The van der Waals surface area contributed by atoms with Crippen molar-refractivity contribution in [2.45, 2.75) is 0 Å². The Morgan fingerprint density at radius 1 is 0.889 bits per heavy atom. The SMILES string of the molecule is O=C(O)c1cc(I)c(N(C(=S)N(c2ccc(F)cc2)c2cncc(Cl)n2)c2cncc(Cl)n2)c(I)c1. The van der Waals surface area contributed by atoms with Crippen molar-refractivity contribution < 1.29 is 14.3 Å². The summed E-state index contributed by atoms with van der Waals surface area (Å²) in [5.74, 6) is -0.997. The van der Waals surface area contributed by atoms with Crippen molar-refractivity contribution in [2.24, 2.45) is 0 Å². The first kappa shape index (κ1) is 26.8. The summed E-state index contributed by atoms with van der Waals surface area (Å²) >= 11 is 22.3. The summed E-state index contributed by atoms with van der Waals surface area (Å²) in [6.07, 6.45) is 5.65. The van der Waals surface area contributed by atoms with E-state index >= 15 is 0 Å². The molecule has 2 aromatic carbocycles. The van der Waals surface area contributed by atoms with E-state index in [-0.39, 0.29) is 32.6 Å². The number of nitrogens with zero attached hydrogens (tertiary/aromatic N) is 6. The highest BCUT2D eigenvalue weighted by molar-refractivity contribution is 14.1. The highest BCUT2D eigenvalue weighted by atomic mass is 127. The van der Waals surface area contributed by atoms with Crippen LogP contribution < -0.4 is 9.80 Å². The lowest BCUT2D eigenvalue weighted by atomic mass is 10.2. The number of rotatable bonds is 5. The minimum atomic E-state index is -1.07. The number of hydrogen-bond donors (Lipinski definition) is 1. The number of aromatic carboxylic acids is 1. The molecule has 14 heteroatoms. The molecule has 0 saturated heterocycles. The van der Waals surface area contributed by atoms with Crippen molar-refractivity contribution in [3.63, 3.8) is 0 Å². The first-order valence-electron chi connectivity index (χ1n) is 9.73. The number of carbonyl (C=O) groups is 1. The molecule has 8 nitrogen and oxygen atoms in total. The van der Waals surface area contributed by atoms with Gasteiger partial charge in [0.15, 0.2) is 16.7 Å². The average molecular weight is 767 g/mol. The third-order valence-electron chi connectivity index (χ3n) is 4.60. The third kappa shape index (κ3) is 5.82. The predicted octanol–water partition coefficient (Wildman–Crippen LogP) is 6.88. The van der Waals surface area contributed by atoms with Gasteiger partial charge in [-0.2, -0.15) is 0 Å². The average Bonchev–Trinajstić information content (AvgIpc) is 2.82. The van der Waals surface area contributed by atoms with Crippen LogP contribution in [0.5, 0.6) is 0 Å². The zero-order valence-electron chi connectivity index (χ0n) is 17.6. The molecule has 0 bridgehead atoms. The first-order valence-corrected chi connectivity index (χ1v) is 13.0. The van der Waals surface area contributed by atoms with Crippen LogP contribution in [0.15, 0.2) is 61.2 Å². The fraction of sp³-hybridized carbons (Fsp3) is 0. The van der Waals surface area contributed by atoms with Gasteiger partial charge in [-0.1, -0.05) is 23.2 Å². The van der Waals surface area contributed by atoms with Crippen molar-refractivity contribution >= 4 is 115 Å². The Morgan fingerprint density at radius 3 is 1.86 bits per heavy atom. The van der Waals surface area contributed by atoms with E-state index in [0.717, 1.165) is 0 Å². The van der Waals surface area contributed by atoms with Gasteiger partial charge in [0.05, 0.1) is 41.7 Å². The summed E-state index contributed by atoms with van der Waals surface area (Å²) in [5, 5.41) is 9.86. The van der Waals surface area contributed by atoms with Crippen LogP contribution in [0.2, 0.25) is 10.3 Å². The predicted molar refractivity (Wildman–Crippen MR) is 156 cm³/mol. The van der Waals surface area contributed by atoms with E-state index in [2.05, 4.69) is 19.9 Å². The number of thiocarbonyl (C=S) groups is 1. The summed E-state index contributed by atoms with van der Waals surface area (Å²) in [6, 6.07) is 8.62. The van der Waals surface area contributed by atoms with Crippen molar-refractivity contribution in [3.8, 4) is 0 Å². The van der Waals surface area contributed by atoms with Crippen molar-refractivity contribution in [2.75, 3.05) is 9.80 Å². The molecule has 0 aliphatic rings. The number of aromatic nitrogens is 4. The van der Waals surface area contributed by atoms with Gasteiger partial charge in [-0.15, -0.1) is 0 Å². The molecule has 2 heterocycles. The molecule has 0 fully saturated rings. The molecule has 1 N–H and O–H groups in total. The monoisotopic (exact) mass is 766 g/mol. The Hall–Kier alpha value is -2.27. The summed E-state index contributed by atoms with van der Waals surface area (Å²) < 4.78 is 14.9. The van der Waals surface area contributed by atoms with E-state index in [9.17, 15) is 14.3 Å². The van der Waals surface area contributed by atoms with Crippen LogP contribution in [-0.4, -0.2) is 36.1 Å². The second-order valence-corrected chi connectivity index (χ2v) is 10.4. The maximum absolute atomic E-state index is 13.8. The quantitative estimate of drug-likeness (QED) is 0.172. The van der Waals surface area contributed by atoms with Crippen LogP contribution in [0.1, 0.15) is 10.4 Å². The van der Waals surface area contributed by atoms with E-state index in [1.165, 1.54) is 66.1 Å². The molecule has 0 spiro atoms. The second kappa shape index (κ2) is 11.4. The maximum Gasteiger partial charge on any atom is 0.335 e. The van der Waals surface area contributed by atoms with Crippen molar-refractivity contribution in [3.05, 3.63) is 90.0 Å². The van der Waals surface area contributed by atoms with Crippen LogP contribution in [0, 0.1) is 13.0 Å². The standard InChI is InChI=1S/C22H11Cl2FI2N6O2S/c23-16-7-28-9-18(30-16)32(13-3-1-12(25)2-4-13)22(36)33(19-10-29-8-17(24)31-19)20-14(26)5-11(21(34)35)6-15(20)27/h1-10H,(H,34,35). The highest BCUT2D eigenvalue weighted by Gasteiger charge is 2.29. The zero-order chi connectivity index (χ0) is 26.0. The second-order valence-electron chi connectivity index (χ2n) is 6.92. The molecule has 0 aliphatic heterocycles. The van der Waals surface area contributed by atoms with Crippen LogP contribution in [0.4, 0.5) is 27.4 Å². The van der Waals surface area contributed by atoms with Gasteiger partial charge in [0.25, 0.3) is 0 Å². The summed E-state index contributed by atoms with van der Waals surface area (Å²) in [4.78, 5) is 31.7. The Kier molecular flexibility index (Phi) is 8.49. The number of benzene rings is 2. The molecule has 0 radical (unpaired) electrons. The molecule has 0 unspecified atom stereocenters. The molecule has 182 valence electrons. The first-order chi connectivity index (χ1) is 17.2. The summed E-state index contributed by atoms with van der Waals surface area (Å²) in [7, 11) is 0. The normalized spacial score (nSPS) is 10.7. The number of hydrogen-bond acceptors (Lipinski definition) is 6. The fourth-order valence-corrected chi connectivity index (χ4v) is 6.04. The van der Waals surface area contributed by atoms with Crippen LogP contribution in [0.3, 0.4) is 0 Å². The Bertz CT molecular complexity index is 1460. The molecular formula is C22H11Cl2FI2N6O2S. The largest absolute Gasteiger partial charge is 0.478 e. The molecule has 0 aliphatic carbocycles. The minimum Gasteiger partial charge on any atom is -0.478 e. The van der Waals surface area contributed by atoms with Gasteiger partial charge >= 0.3 is 5.97 Å². The van der Waals surface area contributed by atoms with E-state index in [1.807, 2.05) is 45.2 Å². The number of carboxylic acids is 1. The van der Waals surface area contributed by atoms with Crippen molar-refractivity contribution in [1.82, 2.24) is 19.9 Å². The van der Waals surface area contributed by atoms with Gasteiger partial charge in [-0.3, -0.25) is 19.8 Å². The van der Waals surface area contributed by atoms with Gasteiger partial charge in [0.2, 0.25) is 0 Å².